The Morgan fingerprint density at radius 3 is 2.94 bits per heavy atom. The van der Waals surface area contributed by atoms with Crippen LogP contribution in [-0.2, 0) is 4.74 Å². The van der Waals surface area contributed by atoms with Crippen LogP contribution in [0.4, 0.5) is 4.39 Å². The first-order valence-corrected chi connectivity index (χ1v) is 5.45. The molecule has 1 heterocycles. The van der Waals surface area contributed by atoms with E-state index in [0.29, 0.717) is 4.47 Å². The van der Waals surface area contributed by atoms with Gasteiger partial charge in [-0.15, -0.1) is 0 Å². The van der Waals surface area contributed by atoms with E-state index in [-0.39, 0.29) is 5.82 Å². The highest BCUT2D eigenvalue weighted by Crippen LogP contribution is 2.24. The van der Waals surface area contributed by atoms with Crippen molar-refractivity contribution in [3.8, 4) is 0 Å². The van der Waals surface area contributed by atoms with Gasteiger partial charge in [0.05, 0.1) is 24.6 Å². The first kappa shape index (κ1) is 11.1. The number of hydrogen-bond acceptors (Lipinski definition) is 2. The quantitative estimate of drug-likeness (QED) is 0.782. The minimum atomic E-state index is -0.277. The molecule has 0 aliphatic heterocycles. The number of rotatable bonds is 2. The van der Waals surface area contributed by atoms with Crippen molar-refractivity contribution in [3.63, 3.8) is 0 Å². The topological polar surface area (TPSA) is 22.1 Å². The van der Waals surface area contributed by atoms with Crippen molar-refractivity contribution in [2.24, 2.45) is 0 Å². The summed E-state index contributed by atoms with van der Waals surface area (Å²) in [5.41, 5.74) is 1.50. The number of hydrogen-bond donors (Lipinski definition) is 0. The van der Waals surface area contributed by atoms with Crippen LogP contribution in [0.15, 0.2) is 35.0 Å². The predicted molar refractivity (Wildman–Crippen MR) is 65.4 cm³/mol. The van der Waals surface area contributed by atoms with Gasteiger partial charge in [0, 0.05) is 9.86 Å². The number of ether oxygens (including phenoxy) is 1. The fourth-order valence-corrected chi connectivity index (χ4v) is 1.94. The summed E-state index contributed by atoms with van der Waals surface area (Å²) in [5.74, 6) is -0.277. The Hall–Kier alpha value is -1.42. The molecule has 4 heteroatoms. The monoisotopic (exact) mass is 281 g/mol. The normalized spacial score (nSPS) is 11.2. The molecular weight excluding hydrogens is 273 g/mol. The molecule has 1 aromatic carbocycles. The van der Waals surface area contributed by atoms with Crippen LogP contribution in [0.1, 0.15) is 5.69 Å². The predicted octanol–water partition coefficient (Wildman–Crippen LogP) is 3.75. The Morgan fingerprint density at radius 2 is 2.19 bits per heavy atom. The van der Waals surface area contributed by atoms with Gasteiger partial charge in [-0.05, 0) is 40.2 Å². The number of aromatic nitrogens is 1. The second-order valence-corrected chi connectivity index (χ2v) is 4.09. The van der Waals surface area contributed by atoms with Crippen LogP contribution in [0.2, 0.25) is 0 Å². The molecule has 0 N–H and O–H groups in total. The van der Waals surface area contributed by atoms with Gasteiger partial charge in [0.25, 0.3) is 0 Å². The maximum absolute atomic E-state index is 13.1. The van der Waals surface area contributed by atoms with Crippen LogP contribution in [-0.4, -0.2) is 12.1 Å². The van der Waals surface area contributed by atoms with Crippen molar-refractivity contribution in [3.05, 3.63) is 46.5 Å². The van der Waals surface area contributed by atoms with Crippen LogP contribution in [0.25, 0.3) is 17.0 Å². The van der Waals surface area contributed by atoms with Crippen molar-refractivity contribution in [1.29, 1.82) is 0 Å². The summed E-state index contributed by atoms with van der Waals surface area (Å²) >= 11 is 3.29. The van der Waals surface area contributed by atoms with E-state index < -0.39 is 0 Å². The summed E-state index contributed by atoms with van der Waals surface area (Å²) in [7, 11) is 1.57. The zero-order chi connectivity index (χ0) is 11.5. The maximum Gasteiger partial charge on any atom is 0.125 e. The molecule has 2 nitrogen and oxygen atoms in total. The summed E-state index contributed by atoms with van der Waals surface area (Å²) in [4.78, 5) is 4.37. The minimum absolute atomic E-state index is 0.277. The van der Waals surface area contributed by atoms with Gasteiger partial charge in [0.2, 0.25) is 0 Å². The molecule has 16 heavy (non-hydrogen) atoms. The van der Waals surface area contributed by atoms with E-state index in [4.69, 9.17) is 4.74 Å². The van der Waals surface area contributed by atoms with Crippen LogP contribution >= 0.6 is 15.9 Å². The van der Waals surface area contributed by atoms with Gasteiger partial charge in [-0.3, -0.25) is 0 Å². The van der Waals surface area contributed by atoms with Crippen molar-refractivity contribution in [1.82, 2.24) is 4.98 Å². The Morgan fingerprint density at radius 1 is 1.38 bits per heavy atom. The molecule has 0 unspecified atom stereocenters. The van der Waals surface area contributed by atoms with Crippen LogP contribution < -0.4 is 0 Å². The Balaban J connectivity index is 2.57. The standard InChI is InChI=1S/C12H9BrFNO/c1-16-5-4-10-3-2-8-6-9(14)7-11(13)12(8)15-10/h2-7H,1H3/b5-4+. The summed E-state index contributed by atoms with van der Waals surface area (Å²) in [6, 6.07) is 6.49. The molecule has 0 radical (unpaired) electrons. The van der Waals surface area contributed by atoms with Crippen LogP contribution in [0, 0.1) is 5.82 Å². The Labute approximate surface area is 101 Å². The van der Waals surface area contributed by atoms with Gasteiger partial charge >= 0.3 is 0 Å². The van der Waals surface area contributed by atoms with Gasteiger partial charge in [0.15, 0.2) is 0 Å². The summed E-state index contributed by atoms with van der Waals surface area (Å²) in [5, 5.41) is 0.765. The highest BCUT2D eigenvalue weighted by atomic mass is 79.9. The lowest BCUT2D eigenvalue weighted by Gasteiger charge is -2.02. The van der Waals surface area contributed by atoms with Crippen molar-refractivity contribution in [2.45, 2.75) is 0 Å². The molecule has 2 aromatic rings. The van der Waals surface area contributed by atoms with Gasteiger partial charge in [-0.2, -0.15) is 0 Å². The van der Waals surface area contributed by atoms with E-state index in [1.807, 2.05) is 12.1 Å². The third kappa shape index (κ3) is 2.22. The molecule has 0 atom stereocenters. The lowest BCUT2D eigenvalue weighted by molar-refractivity contribution is 0.341. The van der Waals surface area contributed by atoms with Gasteiger partial charge in [-0.1, -0.05) is 6.07 Å². The number of methoxy groups -OCH3 is 1. The van der Waals surface area contributed by atoms with E-state index in [1.165, 1.54) is 12.1 Å². The third-order valence-electron chi connectivity index (χ3n) is 2.11. The molecule has 0 fully saturated rings. The first-order chi connectivity index (χ1) is 7.70. The highest BCUT2D eigenvalue weighted by Gasteiger charge is 2.03. The van der Waals surface area contributed by atoms with Crippen molar-refractivity contribution in [2.75, 3.05) is 7.11 Å². The van der Waals surface area contributed by atoms with E-state index in [1.54, 1.807) is 19.4 Å². The zero-order valence-corrected chi connectivity index (χ0v) is 10.2. The molecule has 0 spiro atoms. The molecule has 0 aliphatic carbocycles. The molecule has 0 aliphatic rings. The summed E-state index contributed by atoms with van der Waals surface area (Å²) in [6.07, 6.45) is 3.29. The third-order valence-corrected chi connectivity index (χ3v) is 2.71. The van der Waals surface area contributed by atoms with E-state index in [2.05, 4.69) is 20.9 Å². The highest BCUT2D eigenvalue weighted by molar-refractivity contribution is 9.10. The van der Waals surface area contributed by atoms with Crippen LogP contribution in [0.3, 0.4) is 0 Å². The van der Waals surface area contributed by atoms with Crippen LogP contribution in [0.5, 0.6) is 0 Å². The summed E-state index contributed by atoms with van der Waals surface area (Å²) in [6.45, 7) is 0. The summed E-state index contributed by atoms with van der Waals surface area (Å²) < 4.78 is 18.6. The largest absolute Gasteiger partial charge is 0.504 e. The fourth-order valence-electron chi connectivity index (χ4n) is 1.40. The number of halogens is 2. The molecule has 1 aromatic heterocycles. The lowest BCUT2D eigenvalue weighted by Crippen LogP contribution is -1.86. The second kappa shape index (κ2) is 4.61. The number of nitrogens with zero attached hydrogens (tertiary/aromatic N) is 1. The smallest absolute Gasteiger partial charge is 0.125 e. The average molecular weight is 282 g/mol. The molecule has 2 rings (SSSR count). The number of fused-ring (bicyclic) bond motifs is 1. The Kier molecular flexibility index (Phi) is 3.19. The van der Waals surface area contributed by atoms with E-state index in [9.17, 15) is 4.39 Å². The van der Waals surface area contributed by atoms with E-state index in [0.717, 1.165) is 16.6 Å². The molecular formula is C12H9BrFNO. The average Bonchev–Trinajstić information content (AvgIpc) is 2.26. The SMILES string of the molecule is CO/C=C/c1ccc2cc(F)cc(Br)c2n1. The zero-order valence-electron chi connectivity index (χ0n) is 8.58. The molecule has 0 amide bonds. The Bertz CT molecular complexity index is 554. The van der Waals surface area contributed by atoms with Gasteiger partial charge in [0.1, 0.15) is 5.82 Å². The van der Waals surface area contributed by atoms with Crippen molar-refractivity contribution >= 4 is 32.9 Å². The fraction of sp³-hybridized carbons (Fsp3) is 0.0833. The number of benzene rings is 1. The van der Waals surface area contributed by atoms with E-state index >= 15 is 0 Å². The minimum Gasteiger partial charge on any atom is -0.504 e. The first-order valence-electron chi connectivity index (χ1n) is 4.66. The van der Waals surface area contributed by atoms with Gasteiger partial charge in [-0.25, -0.2) is 9.37 Å². The van der Waals surface area contributed by atoms with Gasteiger partial charge < -0.3 is 4.74 Å². The molecule has 0 bridgehead atoms. The second-order valence-electron chi connectivity index (χ2n) is 3.23. The van der Waals surface area contributed by atoms with Crippen molar-refractivity contribution < 1.29 is 9.13 Å². The molecule has 0 saturated heterocycles. The molecule has 0 saturated carbocycles. The maximum atomic E-state index is 13.1. The molecule has 82 valence electrons. The lowest BCUT2D eigenvalue weighted by atomic mass is 10.2. The number of pyridine rings is 1.